The van der Waals surface area contributed by atoms with Crippen LogP contribution in [0, 0.1) is 0 Å². The summed E-state index contributed by atoms with van der Waals surface area (Å²) in [6, 6.07) is 11.7. The molecule has 1 atom stereocenters. The highest BCUT2D eigenvalue weighted by atomic mass is 35.5. The summed E-state index contributed by atoms with van der Waals surface area (Å²) in [5.74, 6) is -0.402. The van der Waals surface area contributed by atoms with E-state index in [1.165, 1.54) is 0 Å². The van der Waals surface area contributed by atoms with Crippen molar-refractivity contribution in [2.45, 2.75) is 39.3 Å². The third-order valence-corrected chi connectivity index (χ3v) is 5.35. The molecule has 1 N–H and O–H groups in total. The Morgan fingerprint density at radius 1 is 1.00 bits per heavy atom. The SMILES string of the molecule is CCNC(=O)[C@@H](CC)N(Cc1ccc(Cl)cc1)C(=O)Cc1c(Cl)cccc1Cl. The van der Waals surface area contributed by atoms with Gasteiger partial charge >= 0.3 is 0 Å². The monoisotopic (exact) mass is 440 g/mol. The molecule has 0 saturated heterocycles. The van der Waals surface area contributed by atoms with Crippen LogP contribution >= 0.6 is 34.8 Å². The summed E-state index contributed by atoms with van der Waals surface area (Å²) in [5, 5.41) is 4.28. The van der Waals surface area contributed by atoms with Crippen LogP contribution in [0.5, 0.6) is 0 Å². The van der Waals surface area contributed by atoms with Crippen LogP contribution in [-0.4, -0.2) is 29.3 Å². The first-order valence-electron chi connectivity index (χ1n) is 9.11. The molecule has 0 aliphatic rings. The summed E-state index contributed by atoms with van der Waals surface area (Å²) < 4.78 is 0. The van der Waals surface area contributed by atoms with Crippen molar-refractivity contribution in [1.82, 2.24) is 10.2 Å². The quantitative estimate of drug-likeness (QED) is 0.617. The van der Waals surface area contributed by atoms with Crippen molar-refractivity contribution in [2.75, 3.05) is 6.54 Å². The maximum atomic E-state index is 13.2. The van der Waals surface area contributed by atoms with Crippen LogP contribution < -0.4 is 5.32 Å². The van der Waals surface area contributed by atoms with E-state index < -0.39 is 6.04 Å². The molecule has 2 aromatic rings. The number of amides is 2. The molecule has 0 radical (unpaired) electrons. The molecule has 0 aromatic heterocycles. The summed E-state index contributed by atoms with van der Waals surface area (Å²) in [5.41, 5.74) is 1.44. The Morgan fingerprint density at radius 3 is 2.14 bits per heavy atom. The summed E-state index contributed by atoms with van der Waals surface area (Å²) in [6.45, 7) is 4.51. The van der Waals surface area contributed by atoms with E-state index in [4.69, 9.17) is 34.8 Å². The first-order valence-corrected chi connectivity index (χ1v) is 10.2. The second kappa shape index (κ2) is 10.7. The minimum absolute atomic E-state index is 0.0159. The van der Waals surface area contributed by atoms with E-state index in [1.807, 2.05) is 26.0 Å². The molecule has 4 nitrogen and oxygen atoms in total. The predicted molar refractivity (Wildman–Crippen MR) is 115 cm³/mol. The van der Waals surface area contributed by atoms with Gasteiger partial charge in [0.05, 0.1) is 6.42 Å². The van der Waals surface area contributed by atoms with Crippen molar-refractivity contribution in [3.8, 4) is 0 Å². The molecule has 150 valence electrons. The molecular formula is C21H23Cl3N2O2. The van der Waals surface area contributed by atoms with Gasteiger partial charge in [0.2, 0.25) is 11.8 Å². The molecule has 2 rings (SSSR count). The molecule has 2 aromatic carbocycles. The third kappa shape index (κ3) is 5.87. The van der Waals surface area contributed by atoms with Crippen molar-refractivity contribution in [3.63, 3.8) is 0 Å². The number of nitrogens with zero attached hydrogens (tertiary/aromatic N) is 1. The lowest BCUT2D eigenvalue weighted by molar-refractivity contribution is -0.140. The summed E-state index contributed by atoms with van der Waals surface area (Å²) in [7, 11) is 0. The zero-order valence-corrected chi connectivity index (χ0v) is 18.1. The van der Waals surface area contributed by atoms with Gasteiger partial charge in [-0.3, -0.25) is 9.59 Å². The second-order valence-electron chi connectivity index (χ2n) is 6.34. The number of nitrogens with one attached hydrogen (secondary N) is 1. The molecule has 7 heteroatoms. The molecule has 0 aliphatic heterocycles. The van der Waals surface area contributed by atoms with Gasteiger partial charge in [0.1, 0.15) is 6.04 Å². The molecule has 28 heavy (non-hydrogen) atoms. The van der Waals surface area contributed by atoms with Crippen LogP contribution in [-0.2, 0) is 22.6 Å². The predicted octanol–water partition coefficient (Wildman–Crippen LogP) is 5.13. The number of benzene rings is 2. The zero-order valence-electron chi connectivity index (χ0n) is 15.8. The third-order valence-electron chi connectivity index (χ3n) is 4.39. The van der Waals surface area contributed by atoms with Gasteiger partial charge in [-0.05, 0) is 48.7 Å². The number of carbonyl (C=O) groups excluding carboxylic acids is 2. The van der Waals surface area contributed by atoms with Crippen LogP contribution in [0.3, 0.4) is 0 Å². The van der Waals surface area contributed by atoms with Crippen LogP contribution in [0.2, 0.25) is 15.1 Å². The molecule has 0 aliphatic carbocycles. The normalized spacial score (nSPS) is 11.8. The fraction of sp³-hybridized carbons (Fsp3) is 0.333. The van der Waals surface area contributed by atoms with Gasteiger partial charge in [-0.25, -0.2) is 0 Å². The number of rotatable bonds is 8. The smallest absolute Gasteiger partial charge is 0.242 e. The maximum absolute atomic E-state index is 13.2. The summed E-state index contributed by atoms with van der Waals surface area (Å²) in [6.07, 6.45) is 0.503. The van der Waals surface area contributed by atoms with Crippen LogP contribution in [0.4, 0.5) is 0 Å². The molecule has 2 amide bonds. The Balaban J connectivity index is 2.33. The summed E-state index contributed by atoms with van der Waals surface area (Å²) in [4.78, 5) is 27.3. The molecule has 0 heterocycles. The number of likely N-dealkylation sites (N-methyl/N-ethyl adjacent to an activating group) is 1. The van der Waals surface area contributed by atoms with Crippen LogP contribution in [0.25, 0.3) is 0 Å². The Morgan fingerprint density at radius 2 is 1.61 bits per heavy atom. The molecule has 0 saturated carbocycles. The van der Waals surface area contributed by atoms with E-state index in [1.54, 1.807) is 35.2 Å². The highest BCUT2D eigenvalue weighted by molar-refractivity contribution is 6.36. The number of halogens is 3. The maximum Gasteiger partial charge on any atom is 0.242 e. The van der Waals surface area contributed by atoms with Gasteiger partial charge < -0.3 is 10.2 Å². The number of carbonyl (C=O) groups is 2. The van der Waals surface area contributed by atoms with E-state index in [0.29, 0.717) is 33.6 Å². The Labute approximate surface area is 180 Å². The van der Waals surface area contributed by atoms with E-state index in [2.05, 4.69) is 5.32 Å². The Hall–Kier alpha value is -1.75. The minimum Gasteiger partial charge on any atom is -0.355 e. The van der Waals surface area contributed by atoms with Crippen LogP contribution in [0.15, 0.2) is 42.5 Å². The lowest BCUT2D eigenvalue weighted by Gasteiger charge is -2.31. The standard InChI is InChI=1S/C21H23Cl3N2O2/c1-3-19(21(28)25-4-2)26(13-14-8-10-15(22)11-9-14)20(27)12-16-17(23)6-5-7-18(16)24/h5-11,19H,3-4,12-13H2,1-2H3,(H,25,28)/t19-/m1/s1. The van der Waals surface area contributed by atoms with E-state index in [-0.39, 0.29) is 24.8 Å². The van der Waals surface area contributed by atoms with Gasteiger partial charge in [-0.2, -0.15) is 0 Å². The van der Waals surface area contributed by atoms with Crippen molar-refractivity contribution in [1.29, 1.82) is 0 Å². The highest BCUT2D eigenvalue weighted by Crippen LogP contribution is 2.26. The average molecular weight is 442 g/mol. The zero-order chi connectivity index (χ0) is 20.7. The van der Waals surface area contributed by atoms with Crippen LogP contribution in [0.1, 0.15) is 31.4 Å². The fourth-order valence-electron chi connectivity index (χ4n) is 2.95. The number of hydrogen-bond donors (Lipinski definition) is 1. The lowest BCUT2D eigenvalue weighted by atomic mass is 10.1. The van der Waals surface area contributed by atoms with E-state index in [0.717, 1.165) is 5.56 Å². The van der Waals surface area contributed by atoms with E-state index >= 15 is 0 Å². The van der Waals surface area contributed by atoms with Gasteiger partial charge in [-0.1, -0.05) is 59.9 Å². The van der Waals surface area contributed by atoms with Crippen molar-refractivity contribution in [3.05, 3.63) is 68.7 Å². The molecule has 0 spiro atoms. The van der Waals surface area contributed by atoms with Gasteiger partial charge in [0.25, 0.3) is 0 Å². The van der Waals surface area contributed by atoms with Gasteiger partial charge in [-0.15, -0.1) is 0 Å². The summed E-state index contributed by atoms with van der Waals surface area (Å²) >= 11 is 18.4. The van der Waals surface area contributed by atoms with Crippen molar-refractivity contribution >= 4 is 46.6 Å². The first kappa shape index (κ1) is 22.5. The molecular weight excluding hydrogens is 419 g/mol. The Bertz CT molecular complexity index is 805. The first-order chi connectivity index (χ1) is 13.4. The topological polar surface area (TPSA) is 49.4 Å². The lowest BCUT2D eigenvalue weighted by Crippen LogP contribution is -2.49. The van der Waals surface area contributed by atoms with Crippen molar-refractivity contribution < 1.29 is 9.59 Å². The largest absolute Gasteiger partial charge is 0.355 e. The molecule has 0 bridgehead atoms. The molecule has 0 fully saturated rings. The van der Waals surface area contributed by atoms with Crippen molar-refractivity contribution in [2.24, 2.45) is 0 Å². The Kier molecular flexibility index (Phi) is 8.61. The minimum atomic E-state index is -0.593. The van der Waals surface area contributed by atoms with E-state index in [9.17, 15) is 9.59 Å². The fourth-order valence-corrected chi connectivity index (χ4v) is 3.61. The molecule has 0 unspecified atom stereocenters. The highest BCUT2D eigenvalue weighted by Gasteiger charge is 2.29. The average Bonchev–Trinajstić information content (AvgIpc) is 2.66. The number of hydrogen-bond acceptors (Lipinski definition) is 2. The van der Waals surface area contributed by atoms with Gasteiger partial charge in [0, 0.05) is 28.2 Å². The van der Waals surface area contributed by atoms with Gasteiger partial charge in [0.15, 0.2) is 0 Å². The second-order valence-corrected chi connectivity index (χ2v) is 7.59.